The first-order valence-corrected chi connectivity index (χ1v) is 14.2. The van der Waals surface area contributed by atoms with Crippen LogP contribution in [0.25, 0.3) is 22.3 Å². The number of hydrogen-bond acceptors (Lipinski definition) is 6. The predicted molar refractivity (Wildman–Crippen MR) is 143 cm³/mol. The van der Waals surface area contributed by atoms with Crippen molar-refractivity contribution in [3.8, 4) is 11.3 Å². The minimum atomic E-state index is -3.35. The number of sulfone groups is 1. The fourth-order valence-corrected chi connectivity index (χ4v) is 6.41. The number of unbranched alkanes of at least 4 members (excludes halogenated alkanes) is 1. The molecular formula is C29H27N3O5S. The number of hydrogen-bond donors (Lipinski definition) is 2. The third-order valence-corrected chi connectivity index (χ3v) is 8.53. The van der Waals surface area contributed by atoms with Gasteiger partial charge in [0.05, 0.1) is 39.1 Å². The maximum atomic E-state index is 13.2. The van der Waals surface area contributed by atoms with Crippen molar-refractivity contribution in [2.75, 3.05) is 5.75 Å². The molecule has 1 atom stereocenters. The summed E-state index contributed by atoms with van der Waals surface area (Å²) in [5.41, 5.74) is 4.62. The normalized spacial score (nSPS) is 16.1. The highest BCUT2D eigenvalue weighted by Crippen LogP contribution is 2.32. The van der Waals surface area contributed by atoms with E-state index in [4.69, 9.17) is 15.1 Å². The van der Waals surface area contributed by atoms with Gasteiger partial charge in [-0.3, -0.25) is 9.59 Å². The van der Waals surface area contributed by atoms with E-state index < -0.39 is 21.8 Å². The van der Waals surface area contributed by atoms with E-state index in [-0.39, 0.29) is 23.0 Å². The first kappa shape index (κ1) is 25.5. The van der Waals surface area contributed by atoms with Gasteiger partial charge in [-0.05, 0) is 55.5 Å². The molecule has 0 bridgehead atoms. The molecule has 2 N–H and O–H groups in total. The molecular weight excluding hydrogens is 502 g/mol. The fraction of sp³-hybridized carbons (Fsp3) is 0.241. The summed E-state index contributed by atoms with van der Waals surface area (Å²) >= 11 is 0. The molecule has 1 aliphatic heterocycles. The Morgan fingerprint density at radius 3 is 2.47 bits per heavy atom. The van der Waals surface area contributed by atoms with E-state index in [0.29, 0.717) is 47.8 Å². The molecule has 5 rings (SSSR count). The lowest BCUT2D eigenvalue weighted by Crippen LogP contribution is -2.33. The van der Waals surface area contributed by atoms with Crippen LogP contribution >= 0.6 is 0 Å². The number of aryl methyl sites for hydroxylation is 1. The number of fused-ring (bicyclic) bond motifs is 2. The number of benzene rings is 3. The van der Waals surface area contributed by atoms with Crippen molar-refractivity contribution in [1.29, 1.82) is 0 Å². The van der Waals surface area contributed by atoms with Crippen molar-refractivity contribution >= 4 is 32.7 Å². The smallest absolute Gasteiger partial charge is 0.303 e. The van der Waals surface area contributed by atoms with E-state index in [1.165, 1.54) is 0 Å². The lowest BCUT2D eigenvalue weighted by atomic mass is 10.0. The minimum absolute atomic E-state index is 0.0222. The average Bonchev–Trinajstić information content (AvgIpc) is 2.92. The van der Waals surface area contributed by atoms with Gasteiger partial charge in [0.25, 0.3) is 5.91 Å². The summed E-state index contributed by atoms with van der Waals surface area (Å²) in [5.74, 6) is -1.17. The number of carbonyl (C=O) groups excluding carboxylic acids is 1. The molecule has 194 valence electrons. The Morgan fingerprint density at radius 2 is 1.68 bits per heavy atom. The second kappa shape index (κ2) is 10.7. The average molecular weight is 530 g/mol. The van der Waals surface area contributed by atoms with Gasteiger partial charge in [-0.2, -0.15) is 0 Å². The number of carboxylic acid groups (broad SMARTS) is 1. The van der Waals surface area contributed by atoms with E-state index >= 15 is 0 Å². The number of aliphatic carboxylic acids is 1. The molecule has 0 saturated heterocycles. The Morgan fingerprint density at radius 1 is 0.921 bits per heavy atom. The number of nitrogens with one attached hydrogen (secondary N) is 1. The van der Waals surface area contributed by atoms with Crippen molar-refractivity contribution in [2.24, 2.45) is 0 Å². The van der Waals surface area contributed by atoms with Crippen LogP contribution < -0.4 is 5.32 Å². The van der Waals surface area contributed by atoms with Crippen LogP contribution in [0.15, 0.2) is 77.7 Å². The topological polar surface area (TPSA) is 126 Å². The van der Waals surface area contributed by atoms with E-state index in [1.54, 1.807) is 42.5 Å². The van der Waals surface area contributed by atoms with Crippen molar-refractivity contribution < 1.29 is 23.1 Å². The van der Waals surface area contributed by atoms with Crippen LogP contribution in [0.1, 0.15) is 53.3 Å². The molecule has 0 fully saturated rings. The molecule has 3 aromatic carbocycles. The molecule has 1 aromatic heterocycles. The second-order valence-corrected chi connectivity index (χ2v) is 11.4. The minimum Gasteiger partial charge on any atom is -0.481 e. The van der Waals surface area contributed by atoms with Gasteiger partial charge in [-0.25, -0.2) is 18.4 Å². The van der Waals surface area contributed by atoms with Crippen LogP contribution in [-0.4, -0.2) is 41.1 Å². The van der Waals surface area contributed by atoms with Gasteiger partial charge in [-0.15, -0.1) is 0 Å². The lowest BCUT2D eigenvalue weighted by Gasteiger charge is -2.26. The Labute approximate surface area is 220 Å². The Bertz CT molecular complexity index is 1620. The van der Waals surface area contributed by atoms with Gasteiger partial charge >= 0.3 is 5.97 Å². The molecule has 0 unspecified atom stereocenters. The van der Waals surface area contributed by atoms with E-state index in [2.05, 4.69) is 5.32 Å². The molecule has 1 amide bonds. The van der Waals surface area contributed by atoms with Gasteiger partial charge in [0.15, 0.2) is 9.84 Å². The highest BCUT2D eigenvalue weighted by molar-refractivity contribution is 7.91. The van der Waals surface area contributed by atoms with Crippen LogP contribution in [-0.2, 0) is 21.1 Å². The zero-order valence-electron chi connectivity index (χ0n) is 20.6. The zero-order valence-corrected chi connectivity index (χ0v) is 21.4. The van der Waals surface area contributed by atoms with E-state index in [0.717, 1.165) is 17.0 Å². The first-order valence-electron chi connectivity index (χ1n) is 12.5. The van der Waals surface area contributed by atoms with Crippen LogP contribution in [0, 0.1) is 0 Å². The largest absolute Gasteiger partial charge is 0.481 e. The molecule has 8 nitrogen and oxygen atoms in total. The quantitative estimate of drug-likeness (QED) is 0.316. The summed E-state index contributed by atoms with van der Waals surface area (Å²) in [5, 5.41) is 12.0. The molecule has 0 radical (unpaired) electrons. The molecule has 9 heteroatoms. The highest BCUT2D eigenvalue weighted by Gasteiger charge is 2.31. The zero-order chi connectivity index (χ0) is 26.7. The number of carboxylic acids is 1. The summed E-state index contributed by atoms with van der Waals surface area (Å²) in [7, 11) is -3.35. The number of amides is 1. The summed E-state index contributed by atoms with van der Waals surface area (Å²) in [6.45, 7) is 0. The fourth-order valence-electron chi connectivity index (χ4n) is 4.78. The van der Waals surface area contributed by atoms with Crippen LogP contribution in [0.3, 0.4) is 0 Å². The Kier molecular flexibility index (Phi) is 7.20. The first-order chi connectivity index (χ1) is 18.3. The number of carbonyl (C=O) groups is 2. The van der Waals surface area contributed by atoms with Crippen molar-refractivity contribution in [1.82, 2.24) is 15.3 Å². The van der Waals surface area contributed by atoms with Gasteiger partial charge in [0.2, 0.25) is 0 Å². The monoisotopic (exact) mass is 529 g/mol. The summed E-state index contributed by atoms with van der Waals surface area (Å²) in [6, 6.07) is 21.2. The van der Waals surface area contributed by atoms with Crippen molar-refractivity contribution in [3.63, 3.8) is 0 Å². The van der Waals surface area contributed by atoms with Crippen molar-refractivity contribution in [3.05, 3.63) is 89.6 Å². The molecule has 4 aromatic rings. The number of rotatable bonds is 8. The molecule has 2 heterocycles. The molecule has 38 heavy (non-hydrogen) atoms. The van der Waals surface area contributed by atoms with Gasteiger partial charge < -0.3 is 10.4 Å². The van der Waals surface area contributed by atoms with Crippen LogP contribution in [0.4, 0.5) is 0 Å². The summed E-state index contributed by atoms with van der Waals surface area (Å²) in [6.07, 6.45) is 2.14. The van der Waals surface area contributed by atoms with Gasteiger partial charge in [-0.1, -0.05) is 48.5 Å². The number of aromatic nitrogens is 2. The third-order valence-electron chi connectivity index (χ3n) is 6.71. The SMILES string of the molecule is O=C(O)CCCCc1nc2cc(C(=O)N[C@@H]3CCS(=O)(=O)c4ccccc43)ccc2nc1-c1ccccc1. The second-order valence-electron chi connectivity index (χ2n) is 9.36. The van der Waals surface area contributed by atoms with Crippen molar-refractivity contribution in [2.45, 2.75) is 43.0 Å². The standard InChI is InChI=1S/C29H27N3O5S/c33-27(34)13-7-5-11-24-28(19-8-2-1-3-9-19)31-23-15-14-20(18-25(23)30-24)29(35)32-22-16-17-38(36,37)26-12-6-4-10-21(22)26/h1-4,6,8-10,12,14-15,18,22H,5,7,11,13,16-17H2,(H,32,35)(H,33,34)/t22-/m1/s1. The predicted octanol–water partition coefficient (Wildman–Crippen LogP) is 4.74. The van der Waals surface area contributed by atoms with Crippen LogP contribution in [0.2, 0.25) is 0 Å². The summed E-state index contributed by atoms with van der Waals surface area (Å²) < 4.78 is 24.9. The number of nitrogens with zero attached hydrogens (tertiary/aromatic N) is 2. The maximum absolute atomic E-state index is 13.2. The van der Waals surface area contributed by atoms with E-state index in [1.807, 2.05) is 30.3 Å². The van der Waals surface area contributed by atoms with Crippen LogP contribution in [0.5, 0.6) is 0 Å². The third kappa shape index (κ3) is 5.43. The Balaban J connectivity index is 1.44. The summed E-state index contributed by atoms with van der Waals surface area (Å²) in [4.78, 5) is 34.1. The molecule has 0 saturated carbocycles. The van der Waals surface area contributed by atoms with Gasteiger partial charge in [0.1, 0.15) is 0 Å². The maximum Gasteiger partial charge on any atom is 0.303 e. The van der Waals surface area contributed by atoms with Gasteiger partial charge in [0, 0.05) is 17.5 Å². The molecule has 1 aliphatic rings. The highest BCUT2D eigenvalue weighted by atomic mass is 32.2. The Hall–Kier alpha value is -4.11. The van der Waals surface area contributed by atoms with E-state index in [9.17, 15) is 18.0 Å². The molecule has 0 aliphatic carbocycles. The molecule has 0 spiro atoms. The lowest BCUT2D eigenvalue weighted by molar-refractivity contribution is -0.137.